The maximum absolute atomic E-state index is 11.5. The van der Waals surface area contributed by atoms with E-state index in [0.29, 0.717) is 12.8 Å². The normalized spacial score (nSPS) is 11.2. The molecule has 0 radical (unpaired) electrons. The predicted molar refractivity (Wildman–Crippen MR) is 60.3 cm³/mol. The fourth-order valence-corrected chi connectivity index (χ4v) is 1.22. The number of nitrogens with zero attached hydrogens (tertiary/aromatic N) is 1. The summed E-state index contributed by atoms with van der Waals surface area (Å²) in [5.74, 6) is 0.275. The molecular weight excluding hydrogens is 177 g/mol. The molecule has 0 aliphatic carbocycles. The van der Waals surface area contributed by atoms with E-state index in [1.54, 1.807) is 12.1 Å². The summed E-state index contributed by atoms with van der Waals surface area (Å²) in [5.41, 5.74) is -0.277. The number of carbonyl (C=O) groups excluding carboxylic acids is 1. The molecule has 0 heterocycles. The number of Topliss-reactive ketones (excluding diaryl/α,β-unsaturated/α-hetero) is 1. The summed E-state index contributed by atoms with van der Waals surface area (Å²) in [6.07, 6.45) is 2.05. The van der Waals surface area contributed by atoms with Crippen LogP contribution in [0.5, 0.6) is 0 Å². The van der Waals surface area contributed by atoms with Crippen molar-refractivity contribution >= 4 is 19.4 Å². The van der Waals surface area contributed by atoms with Gasteiger partial charge in [0.25, 0.3) is 0 Å². The Morgan fingerprint density at radius 1 is 1.57 bits per heavy atom. The first kappa shape index (κ1) is 13.4. The van der Waals surface area contributed by atoms with Gasteiger partial charge in [-0.1, -0.05) is 0 Å². The molecule has 14 heavy (non-hydrogen) atoms. The van der Waals surface area contributed by atoms with Crippen molar-refractivity contribution in [2.45, 2.75) is 45.6 Å². The molecule has 0 rings (SSSR count). The van der Waals surface area contributed by atoms with Crippen LogP contribution < -0.4 is 0 Å². The summed E-state index contributed by atoms with van der Waals surface area (Å²) in [4.78, 5) is 11.5. The standard InChI is InChI=1S/C10H20BNO2/c1-6-7-9(13)8-10(2,3)12(5)14-11-4/h4,6-8H2,1-3,5H3. The van der Waals surface area contributed by atoms with Crippen molar-refractivity contribution in [2.24, 2.45) is 0 Å². The molecule has 0 aliphatic rings. The molecule has 0 fully saturated rings. The first-order chi connectivity index (χ1) is 6.44. The van der Waals surface area contributed by atoms with Crippen molar-refractivity contribution < 1.29 is 9.55 Å². The van der Waals surface area contributed by atoms with Crippen molar-refractivity contribution in [3.8, 4) is 0 Å². The van der Waals surface area contributed by atoms with Gasteiger partial charge >= 0.3 is 86.6 Å². The molecule has 0 aromatic rings. The minimum atomic E-state index is -0.277. The van der Waals surface area contributed by atoms with Crippen LogP contribution in [0.15, 0.2) is 0 Å². The molecule has 4 heteroatoms. The van der Waals surface area contributed by atoms with E-state index in [2.05, 4.69) is 6.47 Å². The molecule has 0 spiro atoms. The van der Waals surface area contributed by atoms with E-state index in [4.69, 9.17) is 4.76 Å². The molecule has 0 atom stereocenters. The maximum atomic E-state index is 11.5. The van der Waals surface area contributed by atoms with Crippen LogP contribution in [0.2, 0.25) is 0 Å². The third kappa shape index (κ3) is 4.56. The van der Waals surface area contributed by atoms with Gasteiger partial charge in [-0.3, -0.25) is 0 Å². The Morgan fingerprint density at radius 2 is 2.14 bits per heavy atom. The molecule has 0 aliphatic heterocycles. The van der Waals surface area contributed by atoms with Crippen molar-refractivity contribution in [3.63, 3.8) is 0 Å². The summed E-state index contributed by atoms with van der Waals surface area (Å²) < 4.78 is 5.13. The first-order valence-electron chi connectivity index (χ1n) is 4.97. The Morgan fingerprint density at radius 3 is 2.57 bits per heavy atom. The fraction of sp³-hybridized carbons (Fsp3) is 0.800. The van der Waals surface area contributed by atoms with Crippen LogP contribution in [-0.2, 0) is 9.55 Å². The number of carbonyl (C=O) groups is 1. The fourth-order valence-electron chi connectivity index (χ4n) is 1.22. The van der Waals surface area contributed by atoms with Crippen LogP contribution in [-0.4, -0.2) is 37.0 Å². The number of ketones is 1. The Balaban J connectivity index is 4.17. The van der Waals surface area contributed by atoms with Gasteiger partial charge in [0.05, 0.1) is 0 Å². The molecule has 3 nitrogen and oxygen atoms in total. The van der Waals surface area contributed by atoms with E-state index < -0.39 is 0 Å². The summed E-state index contributed by atoms with van der Waals surface area (Å²) in [7, 11) is 3.17. The Bertz CT molecular complexity index is 204. The van der Waals surface area contributed by atoms with E-state index in [1.807, 2.05) is 20.8 Å². The van der Waals surface area contributed by atoms with Crippen LogP contribution in [0, 0.1) is 0 Å². The molecule has 0 amide bonds. The molecule has 0 aromatic carbocycles. The molecule has 0 unspecified atom stereocenters. The third-order valence-electron chi connectivity index (χ3n) is 2.24. The van der Waals surface area contributed by atoms with Gasteiger partial charge in [0.2, 0.25) is 0 Å². The van der Waals surface area contributed by atoms with Gasteiger partial charge in [-0.25, -0.2) is 0 Å². The van der Waals surface area contributed by atoms with E-state index in [9.17, 15) is 4.79 Å². The predicted octanol–water partition coefficient (Wildman–Crippen LogP) is 1.44. The second-order valence-corrected chi connectivity index (χ2v) is 4.05. The SMILES string of the molecule is C=BON(C)C(C)(C)CC(=O)CCC. The molecule has 0 bridgehead atoms. The van der Waals surface area contributed by atoms with Gasteiger partial charge in [-0.2, -0.15) is 0 Å². The number of hydrogen-bond acceptors (Lipinski definition) is 3. The van der Waals surface area contributed by atoms with Gasteiger partial charge in [0.1, 0.15) is 0 Å². The van der Waals surface area contributed by atoms with E-state index >= 15 is 0 Å². The quantitative estimate of drug-likeness (QED) is 0.456. The Hall–Kier alpha value is -0.635. The van der Waals surface area contributed by atoms with Crippen LogP contribution in [0.25, 0.3) is 0 Å². The second kappa shape index (κ2) is 5.96. The van der Waals surface area contributed by atoms with Gasteiger partial charge in [-0.15, -0.1) is 0 Å². The zero-order valence-electron chi connectivity index (χ0n) is 9.67. The van der Waals surface area contributed by atoms with Crippen molar-refractivity contribution in [3.05, 3.63) is 0 Å². The average Bonchev–Trinajstić information content (AvgIpc) is 2.03. The van der Waals surface area contributed by atoms with E-state index in [-0.39, 0.29) is 11.3 Å². The summed E-state index contributed by atoms with van der Waals surface area (Å²) >= 11 is 0. The first-order valence-corrected chi connectivity index (χ1v) is 4.97. The number of rotatable bonds is 7. The molecule has 0 saturated carbocycles. The summed E-state index contributed by atoms with van der Waals surface area (Å²) in [6.45, 7) is 9.44. The Kier molecular flexibility index (Phi) is 5.69. The summed E-state index contributed by atoms with van der Waals surface area (Å²) in [6, 6.07) is 0. The van der Waals surface area contributed by atoms with Crippen molar-refractivity contribution in [1.82, 2.24) is 5.06 Å². The van der Waals surface area contributed by atoms with Crippen molar-refractivity contribution in [2.75, 3.05) is 7.05 Å². The second-order valence-electron chi connectivity index (χ2n) is 4.05. The van der Waals surface area contributed by atoms with Gasteiger partial charge in [-0.05, 0) is 0 Å². The molecule has 0 N–H and O–H groups in total. The third-order valence-corrected chi connectivity index (χ3v) is 2.24. The van der Waals surface area contributed by atoms with Crippen LogP contribution >= 0.6 is 0 Å². The molecular formula is C10H20BNO2. The van der Waals surface area contributed by atoms with Gasteiger partial charge < -0.3 is 0 Å². The zero-order chi connectivity index (χ0) is 11.2. The Labute approximate surface area is 87.3 Å². The monoisotopic (exact) mass is 197 g/mol. The van der Waals surface area contributed by atoms with Crippen LogP contribution in [0.4, 0.5) is 0 Å². The van der Waals surface area contributed by atoms with E-state index in [1.165, 1.54) is 7.12 Å². The molecule has 0 aromatic heterocycles. The summed E-state index contributed by atoms with van der Waals surface area (Å²) in [5, 5.41) is 1.66. The minimum absolute atomic E-state index is 0.275. The topological polar surface area (TPSA) is 29.5 Å². The zero-order valence-corrected chi connectivity index (χ0v) is 9.67. The van der Waals surface area contributed by atoms with E-state index in [0.717, 1.165) is 6.42 Å². The molecule has 0 saturated heterocycles. The van der Waals surface area contributed by atoms with Crippen molar-refractivity contribution in [1.29, 1.82) is 0 Å². The van der Waals surface area contributed by atoms with Gasteiger partial charge in [0, 0.05) is 0 Å². The molecule has 80 valence electrons. The van der Waals surface area contributed by atoms with Crippen LogP contribution in [0.1, 0.15) is 40.0 Å². The van der Waals surface area contributed by atoms with Crippen LogP contribution in [0.3, 0.4) is 0 Å². The number of hydrogen-bond donors (Lipinski definition) is 0. The average molecular weight is 197 g/mol. The number of hydroxylamine groups is 2. The van der Waals surface area contributed by atoms with Gasteiger partial charge in [0.15, 0.2) is 0 Å².